The lowest BCUT2D eigenvalue weighted by Gasteiger charge is -2.50. The standard InChI is InChI=1S/C35H59NO22/c1-7-8-49-34-30(28(20(42)13(5)52-34)56-31-16(36-14(6)38)22(44)21(43)15(9-37)54-31)58-33-26(48)27(19(41)12(4)51-33)55-35-29(24(46)18(40)11(3)53-35)57-32-25(47)23(45)17(39)10(2)50-32/h7,10-13,15-35,37,39-48H,1,8-9H2,2-6H3,(H,36,38)/t10-,11-,12-,13-,15+,16+,17-,18-,19-,20-,21+,22+,23+,24+,25+,26+,27+,28+,29+,30+,31-,32-,33-,34+,35-/m0/s1. The predicted molar refractivity (Wildman–Crippen MR) is 186 cm³/mol. The molecule has 0 aliphatic carbocycles. The van der Waals surface area contributed by atoms with Gasteiger partial charge in [-0.05, 0) is 27.7 Å². The Bertz CT molecular complexity index is 1340. The number of rotatable bonds is 13. The first-order valence-corrected chi connectivity index (χ1v) is 19.1. The number of carbonyl (C=O) groups excluding carboxylic acids is 1. The highest BCUT2D eigenvalue weighted by molar-refractivity contribution is 5.73. The van der Waals surface area contributed by atoms with Crippen LogP contribution in [-0.2, 0) is 52.2 Å². The Morgan fingerprint density at radius 1 is 0.534 bits per heavy atom. The summed E-state index contributed by atoms with van der Waals surface area (Å²) in [6, 6.07) is -1.43. The Balaban J connectivity index is 1.42. The van der Waals surface area contributed by atoms with Gasteiger partial charge in [0.15, 0.2) is 31.5 Å². The molecule has 0 saturated carbocycles. The number of nitrogens with one attached hydrogen (secondary N) is 1. The number of carbonyl (C=O) groups is 1. The fourth-order valence-corrected chi connectivity index (χ4v) is 7.44. The molecule has 25 atom stereocenters. The molecule has 5 rings (SSSR count). The van der Waals surface area contributed by atoms with Crippen LogP contribution in [0, 0.1) is 0 Å². The number of ether oxygens (including phenoxy) is 10. The summed E-state index contributed by atoms with van der Waals surface area (Å²) in [7, 11) is 0. The van der Waals surface area contributed by atoms with Crippen molar-refractivity contribution in [2.24, 2.45) is 0 Å². The summed E-state index contributed by atoms with van der Waals surface area (Å²) in [4.78, 5) is 12.1. The van der Waals surface area contributed by atoms with E-state index in [0.29, 0.717) is 0 Å². The number of hydrogen-bond acceptors (Lipinski definition) is 22. The van der Waals surface area contributed by atoms with Crippen LogP contribution in [0.25, 0.3) is 0 Å². The van der Waals surface area contributed by atoms with Gasteiger partial charge in [0.25, 0.3) is 0 Å². The molecular weight excluding hydrogens is 786 g/mol. The van der Waals surface area contributed by atoms with Gasteiger partial charge in [0, 0.05) is 6.92 Å². The Hall–Kier alpha value is -1.63. The van der Waals surface area contributed by atoms with Gasteiger partial charge in [-0.2, -0.15) is 0 Å². The van der Waals surface area contributed by atoms with E-state index in [9.17, 15) is 61.0 Å². The Morgan fingerprint density at radius 3 is 1.60 bits per heavy atom. The minimum absolute atomic E-state index is 0.123. The van der Waals surface area contributed by atoms with Gasteiger partial charge in [-0.25, -0.2) is 0 Å². The second-order valence-electron chi connectivity index (χ2n) is 15.2. The van der Waals surface area contributed by atoms with Gasteiger partial charge in [-0.3, -0.25) is 4.79 Å². The lowest BCUT2D eigenvalue weighted by Crippen LogP contribution is -2.68. The number of aliphatic hydroxyl groups is 11. The van der Waals surface area contributed by atoms with Crippen LogP contribution in [0.5, 0.6) is 0 Å². The third-order valence-corrected chi connectivity index (χ3v) is 10.9. The molecule has 0 bridgehead atoms. The van der Waals surface area contributed by atoms with E-state index in [2.05, 4.69) is 11.9 Å². The first kappa shape index (κ1) is 47.4. The van der Waals surface area contributed by atoms with Crippen LogP contribution in [0.15, 0.2) is 12.7 Å². The molecule has 0 aromatic rings. The predicted octanol–water partition coefficient (Wildman–Crippen LogP) is -6.46. The molecule has 0 radical (unpaired) electrons. The van der Waals surface area contributed by atoms with E-state index < -0.39 is 166 Å². The van der Waals surface area contributed by atoms with Crippen molar-refractivity contribution >= 4 is 5.91 Å². The van der Waals surface area contributed by atoms with Crippen LogP contribution in [-0.4, -0.2) is 229 Å². The average molecular weight is 846 g/mol. The van der Waals surface area contributed by atoms with Crippen molar-refractivity contribution in [3.63, 3.8) is 0 Å². The summed E-state index contributed by atoms with van der Waals surface area (Å²) in [6.45, 7) is 9.55. The van der Waals surface area contributed by atoms with E-state index in [-0.39, 0.29) is 6.61 Å². The van der Waals surface area contributed by atoms with Gasteiger partial charge in [0.2, 0.25) is 5.91 Å². The minimum atomic E-state index is -1.94. The monoisotopic (exact) mass is 845 g/mol. The van der Waals surface area contributed by atoms with Crippen LogP contribution in [0.2, 0.25) is 0 Å². The van der Waals surface area contributed by atoms with Crippen molar-refractivity contribution in [2.75, 3.05) is 13.2 Å². The molecule has 58 heavy (non-hydrogen) atoms. The molecule has 5 aliphatic heterocycles. The summed E-state index contributed by atoms with van der Waals surface area (Å²) >= 11 is 0. The van der Waals surface area contributed by atoms with Crippen LogP contribution in [0.1, 0.15) is 34.6 Å². The number of aliphatic hydroxyl groups excluding tert-OH is 11. The smallest absolute Gasteiger partial charge is 0.217 e. The Labute approximate surface area is 333 Å². The molecule has 0 aromatic heterocycles. The summed E-state index contributed by atoms with van der Waals surface area (Å²) in [5, 5.41) is 121. The molecule has 12 N–H and O–H groups in total. The molecule has 5 fully saturated rings. The topological polar surface area (TPSA) is 344 Å². The zero-order valence-electron chi connectivity index (χ0n) is 32.5. The van der Waals surface area contributed by atoms with Crippen molar-refractivity contribution in [1.82, 2.24) is 5.32 Å². The van der Waals surface area contributed by atoms with Crippen molar-refractivity contribution in [3.05, 3.63) is 12.7 Å². The van der Waals surface area contributed by atoms with Crippen LogP contribution in [0.4, 0.5) is 0 Å². The highest BCUT2D eigenvalue weighted by Crippen LogP contribution is 2.36. The molecule has 23 nitrogen and oxygen atoms in total. The third kappa shape index (κ3) is 10.0. The molecule has 5 saturated heterocycles. The molecule has 23 heteroatoms. The van der Waals surface area contributed by atoms with Crippen LogP contribution < -0.4 is 5.32 Å². The largest absolute Gasteiger partial charge is 0.394 e. The van der Waals surface area contributed by atoms with E-state index in [1.165, 1.54) is 33.8 Å². The van der Waals surface area contributed by atoms with Crippen molar-refractivity contribution in [3.8, 4) is 0 Å². The van der Waals surface area contributed by atoms with Crippen LogP contribution in [0.3, 0.4) is 0 Å². The van der Waals surface area contributed by atoms with E-state index in [0.717, 1.165) is 6.92 Å². The summed E-state index contributed by atoms with van der Waals surface area (Å²) < 4.78 is 58.8. The van der Waals surface area contributed by atoms with Crippen molar-refractivity contribution < 1.29 is 108 Å². The Kier molecular flexibility index (Phi) is 16.4. The maximum atomic E-state index is 12.1. The first-order valence-electron chi connectivity index (χ1n) is 19.1. The van der Waals surface area contributed by atoms with Gasteiger partial charge in [0.05, 0.1) is 37.6 Å². The van der Waals surface area contributed by atoms with Gasteiger partial charge < -0.3 is 109 Å². The second-order valence-corrected chi connectivity index (χ2v) is 15.2. The fraction of sp³-hybridized carbons (Fsp3) is 0.914. The van der Waals surface area contributed by atoms with Gasteiger partial charge >= 0.3 is 0 Å². The molecule has 1 amide bonds. The highest BCUT2D eigenvalue weighted by atomic mass is 16.8. The van der Waals surface area contributed by atoms with Crippen LogP contribution >= 0.6 is 0 Å². The zero-order chi connectivity index (χ0) is 42.9. The number of amides is 1. The molecule has 0 aromatic carbocycles. The molecule has 0 unspecified atom stereocenters. The fourth-order valence-electron chi connectivity index (χ4n) is 7.44. The van der Waals surface area contributed by atoms with E-state index in [4.69, 9.17) is 47.4 Å². The summed E-state index contributed by atoms with van der Waals surface area (Å²) in [5.41, 5.74) is 0. The third-order valence-electron chi connectivity index (χ3n) is 10.9. The molecule has 0 spiro atoms. The maximum absolute atomic E-state index is 12.1. The van der Waals surface area contributed by atoms with E-state index in [1.54, 1.807) is 0 Å². The SMILES string of the molecule is C=CCO[C@@H]1O[C@@H](C)[C@H](O)[C@@H](O[C@@H]2O[C@H](CO)[C@@H](O)[C@H](O)[C@H]2NC(C)=O)[C@H]1O[C@@H]1O[C@@H](C)[C@H](O)[C@@H](O[C@@H]2O[C@@H](C)[C@H](O)[C@@H](O)[C@H]2O[C@@H]2O[C@@H](C)[C@H](O)[C@@H](O)[C@H]2O)[C@H]1O. The highest BCUT2D eigenvalue weighted by Gasteiger charge is 2.56. The number of hydrogen-bond donors (Lipinski definition) is 12. The molecule has 336 valence electrons. The molecule has 5 aliphatic rings. The molecule has 5 heterocycles. The lowest BCUT2D eigenvalue weighted by molar-refractivity contribution is -0.399. The minimum Gasteiger partial charge on any atom is -0.394 e. The first-order chi connectivity index (χ1) is 27.3. The van der Waals surface area contributed by atoms with Gasteiger partial charge in [0.1, 0.15) is 97.6 Å². The average Bonchev–Trinajstić information content (AvgIpc) is 3.18. The maximum Gasteiger partial charge on any atom is 0.217 e. The Morgan fingerprint density at radius 2 is 1.02 bits per heavy atom. The zero-order valence-corrected chi connectivity index (χ0v) is 32.5. The quantitative estimate of drug-likeness (QED) is 0.0767. The molecular formula is C35H59NO22. The van der Waals surface area contributed by atoms with Gasteiger partial charge in [-0.1, -0.05) is 6.08 Å². The van der Waals surface area contributed by atoms with Crippen molar-refractivity contribution in [1.29, 1.82) is 0 Å². The van der Waals surface area contributed by atoms with E-state index in [1.807, 2.05) is 0 Å². The summed E-state index contributed by atoms with van der Waals surface area (Å²) in [6.07, 6.45) is -35.9. The van der Waals surface area contributed by atoms with Crippen molar-refractivity contribution in [2.45, 2.75) is 188 Å². The van der Waals surface area contributed by atoms with Gasteiger partial charge in [-0.15, -0.1) is 6.58 Å². The summed E-state index contributed by atoms with van der Waals surface area (Å²) in [5.74, 6) is -0.645. The second kappa shape index (κ2) is 20.0. The van der Waals surface area contributed by atoms with E-state index >= 15 is 0 Å². The normalized spacial score (nSPS) is 51.6. The lowest BCUT2D eigenvalue weighted by atomic mass is 9.95.